The monoisotopic (exact) mass is 489 g/mol. The van der Waals surface area contributed by atoms with Gasteiger partial charge in [-0.3, -0.25) is 4.79 Å². The summed E-state index contributed by atoms with van der Waals surface area (Å²) in [4.78, 5) is 42.8. The molecule has 1 aromatic heterocycles. The van der Waals surface area contributed by atoms with Gasteiger partial charge in [-0.05, 0) is 41.0 Å². The lowest BCUT2D eigenvalue weighted by molar-refractivity contribution is -0.151. The molecule has 3 heterocycles. The largest absolute Gasteiger partial charge is 0.479 e. The Bertz CT molecular complexity index is 1300. The molecule has 0 unspecified atom stereocenters. The Morgan fingerprint density at radius 2 is 1.74 bits per heavy atom. The first kappa shape index (κ1) is 21.8. The third-order valence-corrected chi connectivity index (χ3v) is 8.20. The molecule has 8 nitrogen and oxygen atoms in total. The van der Waals surface area contributed by atoms with Crippen LogP contribution in [0.3, 0.4) is 0 Å². The molecule has 0 radical (unpaired) electrons. The van der Waals surface area contributed by atoms with Crippen LogP contribution in [-0.4, -0.2) is 51.7 Å². The van der Waals surface area contributed by atoms with Crippen LogP contribution in [0.4, 0.5) is 4.79 Å². The number of aliphatic carboxylic acids is 1. The third-order valence-electron chi connectivity index (χ3n) is 7.35. The number of hydrogen-bond acceptors (Lipinski definition) is 6. The van der Waals surface area contributed by atoms with E-state index in [9.17, 15) is 19.5 Å². The highest BCUT2D eigenvalue weighted by molar-refractivity contribution is 7.09. The minimum absolute atomic E-state index is 0.0227. The number of nitrogens with one attached hydrogen (secondary N) is 1. The van der Waals surface area contributed by atoms with E-state index in [1.165, 1.54) is 16.2 Å². The van der Waals surface area contributed by atoms with Gasteiger partial charge < -0.3 is 20.1 Å². The number of rotatable bonds is 6. The molecule has 7 rings (SSSR count). The van der Waals surface area contributed by atoms with Crippen molar-refractivity contribution in [3.05, 3.63) is 75.7 Å². The summed E-state index contributed by atoms with van der Waals surface area (Å²) in [6, 6.07) is 16.3. The number of carbonyl (C=O) groups excluding carboxylic acids is 2. The van der Waals surface area contributed by atoms with Crippen molar-refractivity contribution in [3.8, 4) is 11.1 Å². The highest BCUT2D eigenvalue weighted by Gasteiger charge is 2.63. The summed E-state index contributed by atoms with van der Waals surface area (Å²) in [6.45, 7) is 0.798. The van der Waals surface area contributed by atoms with E-state index in [-0.39, 0.29) is 36.6 Å². The van der Waals surface area contributed by atoms with Crippen LogP contribution in [-0.2, 0) is 16.1 Å². The van der Waals surface area contributed by atoms with Gasteiger partial charge in [0.15, 0.2) is 0 Å². The number of fused-ring (bicyclic) bond motifs is 4. The van der Waals surface area contributed by atoms with Gasteiger partial charge in [0, 0.05) is 17.8 Å². The quantitative estimate of drug-likeness (QED) is 0.544. The molecule has 2 aliphatic carbocycles. The Morgan fingerprint density at radius 3 is 2.40 bits per heavy atom. The summed E-state index contributed by atoms with van der Waals surface area (Å²) in [6.07, 6.45) is 0.461. The van der Waals surface area contributed by atoms with Crippen molar-refractivity contribution in [2.45, 2.75) is 30.8 Å². The fraction of sp³-hybridized carbons (Fsp3) is 0.308. The van der Waals surface area contributed by atoms with Crippen LogP contribution in [0.2, 0.25) is 0 Å². The molecule has 9 heteroatoms. The fourth-order valence-corrected chi connectivity index (χ4v) is 6.38. The first-order valence-corrected chi connectivity index (χ1v) is 12.4. The lowest BCUT2D eigenvalue weighted by atomic mass is 9.73. The normalized spacial score (nSPS) is 21.7. The zero-order valence-corrected chi connectivity index (χ0v) is 19.6. The second kappa shape index (κ2) is 8.20. The Labute approximate surface area is 205 Å². The van der Waals surface area contributed by atoms with Gasteiger partial charge in [-0.1, -0.05) is 48.5 Å². The fourth-order valence-electron chi connectivity index (χ4n) is 5.67. The van der Waals surface area contributed by atoms with Gasteiger partial charge in [-0.2, -0.15) is 0 Å². The van der Waals surface area contributed by atoms with E-state index in [0.717, 1.165) is 22.3 Å². The van der Waals surface area contributed by atoms with Crippen LogP contribution >= 0.6 is 11.3 Å². The molecule has 1 saturated carbocycles. The van der Waals surface area contributed by atoms with Crippen LogP contribution < -0.4 is 5.32 Å². The predicted molar refractivity (Wildman–Crippen MR) is 128 cm³/mol. The van der Waals surface area contributed by atoms with Gasteiger partial charge in [-0.15, -0.1) is 11.3 Å². The van der Waals surface area contributed by atoms with Crippen LogP contribution in [0.25, 0.3) is 11.1 Å². The van der Waals surface area contributed by atoms with E-state index in [1.54, 1.807) is 5.38 Å². The Kier molecular flexibility index (Phi) is 5.10. The van der Waals surface area contributed by atoms with Crippen molar-refractivity contribution in [2.24, 2.45) is 5.92 Å². The summed E-state index contributed by atoms with van der Waals surface area (Å²) in [7, 11) is 0. The molecular formula is C26H23N3O5S. The summed E-state index contributed by atoms with van der Waals surface area (Å²) >= 11 is 1.25. The maximum absolute atomic E-state index is 12.9. The number of amides is 2. The van der Waals surface area contributed by atoms with Gasteiger partial charge in [0.25, 0.3) is 5.91 Å². The molecule has 0 atom stereocenters. The van der Waals surface area contributed by atoms with Gasteiger partial charge in [-0.25, -0.2) is 14.6 Å². The second-order valence-corrected chi connectivity index (χ2v) is 10.3. The number of ether oxygens (including phenoxy) is 1. The number of carbonyl (C=O) groups is 3. The lowest BCUT2D eigenvalue weighted by Crippen LogP contribution is -2.54. The Morgan fingerprint density at radius 1 is 1.09 bits per heavy atom. The number of nitrogens with zero attached hydrogens (tertiary/aromatic N) is 2. The maximum Gasteiger partial charge on any atom is 0.407 e. The molecule has 3 aromatic rings. The van der Waals surface area contributed by atoms with Crippen molar-refractivity contribution < 1.29 is 24.2 Å². The molecule has 4 aliphatic rings. The number of benzene rings is 2. The van der Waals surface area contributed by atoms with Gasteiger partial charge in [0.1, 0.15) is 22.8 Å². The van der Waals surface area contributed by atoms with E-state index < -0.39 is 17.6 Å². The van der Waals surface area contributed by atoms with Crippen LogP contribution in [0, 0.1) is 5.92 Å². The molecule has 2 N–H and O–H groups in total. The van der Waals surface area contributed by atoms with Crippen molar-refractivity contribution >= 4 is 29.3 Å². The average molecular weight is 490 g/mol. The molecule has 2 amide bonds. The lowest BCUT2D eigenvalue weighted by Gasteiger charge is -2.37. The van der Waals surface area contributed by atoms with Crippen molar-refractivity contribution in [3.63, 3.8) is 0 Å². The SMILES string of the molecule is O=C(NCc1nc(C(=O)N2CC3CC2(C(=O)O)C3)cs1)OCC1c2ccccc2-c2ccccc21. The number of thiazole rings is 1. The summed E-state index contributed by atoms with van der Waals surface area (Å²) < 4.78 is 5.54. The molecule has 35 heavy (non-hydrogen) atoms. The number of alkyl carbamates (subject to hydrolysis) is 1. The molecule has 2 aromatic carbocycles. The maximum atomic E-state index is 12.9. The number of carboxylic acid groups (broad SMARTS) is 1. The topological polar surface area (TPSA) is 109 Å². The van der Waals surface area contributed by atoms with Gasteiger partial charge in [0.05, 0.1) is 6.54 Å². The number of aromatic nitrogens is 1. The average Bonchev–Trinajstić information content (AvgIpc) is 3.61. The highest BCUT2D eigenvalue weighted by Crippen LogP contribution is 2.51. The van der Waals surface area contributed by atoms with Gasteiger partial charge >= 0.3 is 12.1 Å². The van der Waals surface area contributed by atoms with E-state index in [0.29, 0.717) is 24.4 Å². The van der Waals surface area contributed by atoms with Crippen LogP contribution in [0.15, 0.2) is 53.9 Å². The van der Waals surface area contributed by atoms with E-state index in [1.807, 2.05) is 24.3 Å². The molecular weight excluding hydrogens is 466 g/mol. The number of hydrogen-bond donors (Lipinski definition) is 2. The summed E-state index contributed by atoms with van der Waals surface area (Å²) in [5.41, 5.74) is 3.75. The zero-order valence-electron chi connectivity index (χ0n) is 18.8. The van der Waals surface area contributed by atoms with E-state index in [2.05, 4.69) is 34.6 Å². The summed E-state index contributed by atoms with van der Waals surface area (Å²) in [5, 5.41) is 14.5. The van der Waals surface area contributed by atoms with Crippen LogP contribution in [0.5, 0.6) is 0 Å². The van der Waals surface area contributed by atoms with Crippen LogP contribution in [0.1, 0.15) is 45.4 Å². The highest BCUT2D eigenvalue weighted by atomic mass is 32.1. The Balaban J connectivity index is 1.06. The summed E-state index contributed by atoms with van der Waals surface area (Å²) in [5.74, 6) is -1.09. The minimum Gasteiger partial charge on any atom is -0.479 e. The molecule has 0 spiro atoms. The zero-order chi connectivity index (χ0) is 24.2. The number of carboxylic acids is 1. The smallest absolute Gasteiger partial charge is 0.407 e. The van der Waals surface area contributed by atoms with Gasteiger partial charge in [0.2, 0.25) is 0 Å². The molecule has 2 saturated heterocycles. The van der Waals surface area contributed by atoms with Crippen molar-refractivity contribution in [1.82, 2.24) is 15.2 Å². The second-order valence-electron chi connectivity index (χ2n) is 9.33. The third kappa shape index (κ3) is 3.49. The van der Waals surface area contributed by atoms with E-state index >= 15 is 0 Å². The van der Waals surface area contributed by atoms with E-state index in [4.69, 9.17) is 4.74 Å². The molecule has 2 bridgehead atoms. The molecule has 178 valence electrons. The van der Waals surface area contributed by atoms with Crippen molar-refractivity contribution in [2.75, 3.05) is 13.2 Å². The Hall–Kier alpha value is -3.72. The first-order chi connectivity index (χ1) is 17.0. The van der Waals surface area contributed by atoms with Crippen molar-refractivity contribution in [1.29, 1.82) is 0 Å². The predicted octanol–water partition coefficient (Wildman–Crippen LogP) is 3.87. The molecule has 2 aliphatic heterocycles. The standard InChI is InChI=1S/C26H23N3O5S/c30-23(29-12-15-9-26(29,10-15)24(31)32)21-14-35-22(28-21)11-27-25(33)34-13-20-18-7-3-1-5-16(18)17-6-2-4-8-19(17)20/h1-8,14-15,20H,9-13H2,(H,27,33)(H,31,32). The first-order valence-electron chi connectivity index (χ1n) is 11.5. The molecule has 3 fully saturated rings. The minimum atomic E-state index is -1.08.